The molecule has 0 aliphatic heterocycles. The number of rotatable bonds is 0. The van der Waals surface area contributed by atoms with Gasteiger partial charge >= 0.3 is 53.3 Å². The van der Waals surface area contributed by atoms with Crippen LogP contribution in [-0.4, -0.2) is 36.2 Å². The second kappa shape index (κ2) is 40.0. The van der Waals surface area contributed by atoms with E-state index in [0.717, 1.165) is 0 Å². The van der Waals surface area contributed by atoms with Gasteiger partial charge in [0.25, 0.3) is 0 Å². The van der Waals surface area contributed by atoms with E-state index in [-0.39, 0.29) is 17.1 Å². The normalized spacial score (nSPS) is 8.10. The molecule has 0 aliphatic rings. The number of urea groups is 6. The van der Waals surface area contributed by atoms with E-state index in [1.165, 1.54) is 0 Å². The molecule has 0 rings (SSSR count). The summed E-state index contributed by atoms with van der Waals surface area (Å²) in [6.07, 6.45) is 0. The summed E-state index contributed by atoms with van der Waals surface area (Å²) in [5, 5.41) is 0. The van der Waals surface area contributed by atoms with Crippen molar-refractivity contribution in [2.75, 3.05) is 0 Å². The van der Waals surface area contributed by atoms with Crippen molar-refractivity contribution in [1.29, 1.82) is 0 Å². The zero-order valence-electron chi connectivity index (χ0n) is 18.8. The molecule has 0 aromatic carbocycles. The van der Waals surface area contributed by atoms with Crippen LogP contribution in [0.3, 0.4) is 0 Å². The van der Waals surface area contributed by atoms with Crippen LogP contribution in [0.25, 0.3) is 0 Å². The molecule has 30 nitrogen and oxygen atoms in total. The Morgan fingerprint density at radius 1 is 0.275 bits per heavy atom. The minimum atomic E-state index is -4.94. The molecule has 0 aliphatic carbocycles. The molecule has 0 fully saturated rings. The standard InChI is InChI=1S/6CH4N2O.3ClHO4.Fe/c6*2-1(3)4;3*2-1(3,4)5;/h6*(H4,2,3,4);3*(H,2,3,4,5);/q;;;;;;;;;+3/p-3. The minimum Gasteiger partial charge on any atom is -0.352 e. The largest absolute Gasteiger partial charge is 3.00 e. The summed E-state index contributed by atoms with van der Waals surface area (Å²) >= 11 is 0. The number of amides is 12. The number of hydrogen-bond donors (Lipinski definition) is 12. The molecular weight excluding hydrogens is 690 g/mol. The molecule has 0 spiro atoms. The topological polar surface area (TPSA) is 691 Å². The Hall–Kier alpha value is -3.47. The van der Waals surface area contributed by atoms with Crippen LogP contribution in [-0.2, 0) is 17.1 Å². The molecule has 0 saturated heterocycles. The number of nitrogens with two attached hydrogens (primary N) is 12. The van der Waals surface area contributed by atoms with E-state index in [0.29, 0.717) is 0 Å². The Morgan fingerprint density at radius 3 is 0.275 bits per heavy atom. The Kier molecular flexibility index (Phi) is 65.6. The Labute approximate surface area is 237 Å². The average molecular weight is 715 g/mol. The van der Waals surface area contributed by atoms with Gasteiger partial charge in [0, 0.05) is 0 Å². The first-order chi connectivity index (χ1) is 16.4. The fourth-order valence-corrected chi connectivity index (χ4v) is 0. The van der Waals surface area contributed by atoms with Crippen LogP contribution in [0.15, 0.2) is 0 Å². The quantitative estimate of drug-likeness (QED) is 0.104. The zero-order valence-corrected chi connectivity index (χ0v) is 22.1. The van der Waals surface area contributed by atoms with E-state index >= 15 is 0 Å². The second-order valence-electron chi connectivity index (χ2n) is 3.55. The molecular formula is C6H24Cl3FeN12O18. The van der Waals surface area contributed by atoms with Gasteiger partial charge in [0.2, 0.25) is 0 Å². The first-order valence-electron chi connectivity index (χ1n) is 6.54. The zero-order chi connectivity index (χ0) is 35.0. The molecule has 0 heterocycles. The number of hydrogen-bond acceptors (Lipinski definition) is 18. The summed E-state index contributed by atoms with van der Waals surface area (Å²) in [6.45, 7) is 0. The molecule has 0 atom stereocenters. The van der Waals surface area contributed by atoms with E-state index in [2.05, 4.69) is 68.8 Å². The van der Waals surface area contributed by atoms with Crippen LogP contribution in [0.4, 0.5) is 28.8 Å². The predicted octanol–water partition coefficient (Wildman–Crippen LogP) is -20.1. The Bertz CT molecular complexity index is 480. The van der Waals surface area contributed by atoms with Crippen molar-refractivity contribution in [3.63, 3.8) is 0 Å². The molecule has 34 heteroatoms. The van der Waals surface area contributed by atoms with Crippen LogP contribution in [0.2, 0.25) is 0 Å². The molecule has 245 valence electrons. The maximum absolute atomic E-state index is 9.00. The molecule has 24 N–H and O–H groups in total. The SMILES string of the molecule is NC(N)=O.NC(N)=O.NC(N)=O.NC(N)=O.NC(N)=O.NC(N)=O.[Fe+3].[O-][Cl+3]([O-])([O-])[O-].[O-][Cl+3]([O-])([O-])[O-].[O-][Cl+3]([O-])([O-])[O-]. The summed E-state index contributed by atoms with van der Waals surface area (Å²) in [4.78, 5) is 54.0. The molecule has 1 radical (unpaired) electrons. The average Bonchev–Trinajstić information content (AvgIpc) is 2.35. The molecule has 0 aromatic rings. The minimum absolute atomic E-state index is 0. The van der Waals surface area contributed by atoms with Crippen molar-refractivity contribution in [3.8, 4) is 0 Å². The first-order valence-corrected chi connectivity index (χ1v) is 10.2. The van der Waals surface area contributed by atoms with E-state index in [1.807, 2.05) is 0 Å². The van der Waals surface area contributed by atoms with E-state index < -0.39 is 66.9 Å². The third kappa shape index (κ3) is 3220. The number of carbonyl (C=O) groups is 6. The van der Waals surface area contributed by atoms with Crippen molar-refractivity contribution in [2.24, 2.45) is 68.8 Å². The van der Waals surface area contributed by atoms with Gasteiger partial charge in [-0.1, -0.05) is 0 Å². The second-order valence-corrected chi connectivity index (χ2v) is 5.82. The van der Waals surface area contributed by atoms with Gasteiger partial charge in [-0.15, -0.1) is 30.7 Å². The van der Waals surface area contributed by atoms with Gasteiger partial charge < -0.3 is 68.8 Å². The van der Waals surface area contributed by atoms with Crippen LogP contribution < -0.4 is 125 Å². The number of primary amides is 12. The fraction of sp³-hybridized carbons (Fsp3) is 0. The fourth-order valence-electron chi connectivity index (χ4n) is 0. The molecule has 40 heavy (non-hydrogen) atoms. The van der Waals surface area contributed by atoms with Crippen molar-refractivity contribution in [2.45, 2.75) is 0 Å². The van der Waals surface area contributed by atoms with Crippen molar-refractivity contribution in [1.82, 2.24) is 0 Å². The van der Waals surface area contributed by atoms with E-state index in [1.54, 1.807) is 0 Å². The third-order valence-corrected chi connectivity index (χ3v) is 0. The summed E-state index contributed by atoms with van der Waals surface area (Å²) in [6, 6.07) is -5.00. The van der Waals surface area contributed by atoms with Gasteiger partial charge in [-0.25, -0.2) is 84.7 Å². The number of carbonyl (C=O) groups excluding carboxylic acids is 6. The summed E-state index contributed by atoms with van der Waals surface area (Å²) < 4.78 is 102. The van der Waals surface area contributed by atoms with Crippen molar-refractivity contribution >= 4 is 36.2 Å². The van der Waals surface area contributed by atoms with Gasteiger partial charge in [0.1, 0.15) is 0 Å². The molecule has 0 bridgehead atoms. The summed E-state index contributed by atoms with van der Waals surface area (Å²) in [7, 11) is -14.8. The van der Waals surface area contributed by atoms with Crippen molar-refractivity contribution in [3.05, 3.63) is 0 Å². The van der Waals surface area contributed by atoms with Crippen LogP contribution in [0.1, 0.15) is 0 Å². The van der Waals surface area contributed by atoms with Gasteiger partial charge in [0.05, 0.1) is 0 Å². The van der Waals surface area contributed by atoms with Crippen LogP contribution >= 0.6 is 0 Å². The van der Waals surface area contributed by atoms with E-state index in [9.17, 15) is 0 Å². The van der Waals surface area contributed by atoms with Crippen LogP contribution in [0, 0.1) is 30.7 Å². The Balaban J connectivity index is -0.0000000316. The molecule has 0 saturated carbocycles. The van der Waals surface area contributed by atoms with Gasteiger partial charge in [0.15, 0.2) is 0 Å². The third-order valence-electron chi connectivity index (χ3n) is 0. The number of halogens is 3. The van der Waals surface area contributed by atoms with Gasteiger partial charge in [-0.2, -0.15) is 0 Å². The maximum Gasteiger partial charge on any atom is 3.00 e. The smallest absolute Gasteiger partial charge is 0.352 e. The van der Waals surface area contributed by atoms with Crippen LogP contribution in [0.5, 0.6) is 0 Å². The van der Waals surface area contributed by atoms with Crippen molar-refractivity contribution < 1.29 is 132 Å². The Morgan fingerprint density at radius 2 is 0.275 bits per heavy atom. The van der Waals surface area contributed by atoms with Gasteiger partial charge in [-0.3, -0.25) is 0 Å². The first kappa shape index (κ1) is 65.5. The monoisotopic (exact) mass is 713 g/mol. The molecule has 12 amide bonds. The summed E-state index contributed by atoms with van der Waals surface area (Å²) in [5.74, 6) is 0. The maximum atomic E-state index is 9.00. The summed E-state index contributed by atoms with van der Waals surface area (Å²) in [5.41, 5.74) is 51.0. The van der Waals surface area contributed by atoms with Gasteiger partial charge in [-0.05, 0) is 0 Å². The van der Waals surface area contributed by atoms with E-state index in [4.69, 9.17) is 84.7 Å². The molecule has 0 unspecified atom stereocenters. The molecule has 0 aromatic heterocycles. The predicted molar refractivity (Wildman–Crippen MR) is 82.6 cm³/mol.